The summed E-state index contributed by atoms with van der Waals surface area (Å²) in [5, 5.41) is 0. The molecule has 2 heteroatoms. The van der Waals surface area contributed by atoms with Gasteiger partial charge >= 0.3 is 5.97 Å². The van der Waals surface area contributed by atoms with Gasteiger partial charge in [0, 0.05) is 0 Å². The summed E-state index contributed by atoms with van der Waals surface area (Å²) < 4.78 is 5.24. The Labute approximate surface area is 120 Å². The van der Waals surface area contributed by atoms with E-state index in [9.17, 15) is 4.79 Å². The van der Waals surface area contributed by atoms with Gasteiger partial charge in [0.25, 0.3) is 0 Å². The summed E-state index contributed by atoms with van der Waals surface area (Å²) in [7, 11) is 0. The number of carbonyl (C=O) groups is 1. The first-order chi connectivity index (χ1) is 9.84. The zero-order valence-corrected chi connectivity index (χ0v) is 11.6. The SMILES string of the molecule is O=C(Cc1ccccc1)OCCCCc1ccccc1. The zero-order valence-electron chi connectivity index (χ0n) is 11.6. The van der Waals surface area contributed by atoms with Crippen molar-refractivity contribution < 1.29 is 9.53 Å². The summed E-state index contributed by atoms with van der Waals surface area (Å²) in [5.41, 5.74) is 2.34. The molecule has 0 aliphatic rings. The van der Waals surface area contributed by atoms with Gasteiger partial charge in [-0.25, -0.2) is 0 Å². The van der Waals surface area contributed by atoms with Gasteiger partial charge in [-0.05, 0) is 30.4 Å². The van der Waals surface area contributed by atoms with Crippen LogP contribution in [-0.4, -0.2) is 12.6 Å². The molecule has 0 heterocycles. The van der Waals surface area contributed by atoms with Gasteiger partial charge in [-0.15, -0.1) is 0 Å². The molecular weight excluding hydrogens is 248 g/mol. The van der Waals surface area contributed by atoms with E-state index in [0.717, 1.165) is 24.8 Å². The Balaban J connectivity index is 1.58. The molecule has 0 fully saturated rings. The second-order valence-electron chi connectivity index (χ2n) is 4.83. The third-order valence-corrected chi connectivity index (χ3v) is 3.16. The summed E-state index contributed by atoms with van der Waals surface area (Å²) in [6.45, 7) is 0.512. The quantitative estimate of drug-likeness (QED) is 0.564. The highest BCUT2D eigenvalue weighted by Crippen LogP contribution is 2.05. The lowest BCUT2D eigenvalue weighted by Gasteiger charge is -2.05. The first-order valence-corrected chi connectivity index (χ1v) is 7.08. The number of hydrogen-bond acceptors (Lipinski definition) is 2. The fourth-order valence-electron chi connectivity index (χ4n) is 2.08. The van der Waals surface area contributed by atoms with Crippen molar-refractivity contribution >= 4 is 5.97 Å². The fourth-order valence-corrected chi connectivity index (χ4v) is 2.08. The van der Waals surface area contributed by atoms with Crippen LogP contribution in [0.15, 0.2) is 60.7 Å². The Hall–Kier alpha value is -2.09. The van der Waals surface area contributed by atoms with E-state index in [1.165, 1.54) is 5.56 Å². The number of unbranched alkanes of at least 4 members (excludes halogenated alkanes) is 1. The number of benzene rings is 2. The van der Waals surface area contributed by atoms with E-state index in [0.29, 0.717) is 13.0 Å². The molecule has 0 atom stereocenters. The minimum Gasteiger partial charge on any atom is -0.465 e. The smallest absolute Gasteiger partial charge is 0.310 e. The molecule has 0 aromatic heterocycles. The van der Waals surface area contributed by atoms with E-state index in [1.54, 1.807) is 0 Å². The summed E-state index contributed by atoms with van der Waals surface area (Å²) in [4.78, 5) is 11.6. The van der Waals surface area contributed by atoms with Crippen molar-refractivity contribution in [1.29, 1.82) is 0 Å². The van der Waals surface area contributed by atoms with Crippen LogP contribution in [0.1, 0.15) is 24.0 Å². The van der Waals surface area contributed by atoms with Crippen molar-refractivity contribution in [2.24, 2.45) is 0 Å². The van der Waals surface area contributed by atoms with Crippen molar-refractivity contribution in [3.8, 4) is 0 Å². The molecule has 0 radical (unpaired) electrons. The van der Waals surface area contributed by atoms with Gasteiger partial charge in [-0.3, -0.25) is 4.79 Å². The molecule has 2 rings (SSSR count). The largest absolute Gasteiger partial charge is 0.465 e. The maximum atomic E-state index is 11.6. The molecule has 0 N–H and O–H groups in total. The number of esters is 1. The van der Waals surface area contributed by atoms with Crippen LogP contribution in [0.2, 0.25) is 0 Å². The maximum Gasteiger partial charge on any atom is 0.310 e. The van der Waals surface area contributed by atoms with Gasteiger partial charge in [0.15, 0.2) is 0 Å². The first-order valence-electron chi connectivity index (χ1n) is 7.08. The standard InChI is InChI=1S/C18H20O2/c19-18(15-17-12-5-2-6-13-17)20-14-8-7-11-16-9-3-1-4-10-16/h1-6,9-10,12-13H,7-8,11,14-15H2. The van der Waals surface area contributed by atoms with E-state index in [2.05, 4.69) is 24.3 Å². The Kier molecular flexibility index (Phi) is 5.84. The summed E-state index contributed by atoms with van der Waals surface area (Å²) in [6.07, 6.45) is 3.36. The highest BCUT2D eigenvalue weighted by Gasteiger charge is 2.03. The molecule has 0 saturated carbocycles. The molecule has 2 aromatic carbocycles. The van der Waals surface area contributed by atoms with Gasteiger partial charge < -0.3 is 4.74 Å². The molecule has 2 aromatic rings. The molecule has 0 amide bonds. The number of ether oxygens (including phenoxy) is 1. The van der Waals surface area contributed by atoms with Gasteiger partial charge in [-0.1, -0.05) is 60.7 Å². The Morgan fingerprint density at radius 1 is 0.800 bits per heavy atom. The molecule has 2 nitrogen and oxygen atoms in total. The normalized spacial score (nSPS) is 10.2. The van der Waals surface area contributed by atoms with E-state index in [4.69, 9.17) is 4.74 Å². The number of aryl methyl sites for hydroxylation is 1. The molecule has 20 heavy (non-hydrogen) atoms. The van der Waals surface area contributed by atoms with E-state index in [1.807, 2.05) is 36.4 Å². The van der Waals surface area contributed by atoms with E-state index in [-0.39, 0.29) is 5.97 Å². The average molecular weight is 268 g/mol. The second kappa shape index (κ2) is 8.16. The molecule has 0 bridgehead atoms. The highest BCUT2D eigenvalue weighted by atomic mass is 16.5. The van der Waals surface area contributed by atoms with E-state index >= 15 is 0 Å². The van der Waals surface area contributed by atoms with Gasteiger partial charge in [-0.2, -0.15) is 0 Å². The second-order valence-corrected chi connectivity index (χ2v) is 4.83. The predicted molar refractivity (Wildman–Crippen MR) is 80.5 cm³/mol. The topological polar surface area (TPSA) is 26.3 Å². The molecule has 0 saturated heterocycles. The van der Waals surface area contributed by atoms with Crippen molar-refractivity contribution in [3.63, 3.8) is 0 Å². The Morgan fingerprint density at radius 2 is 1.40 bits per heavy atom. The molecule has 0 unspecified atom stereocenters. The third kappa shape index (κ3) is 5.27. The number of rotatable bonds is 7. The molecular formula is C18H20O2. The van der Waals surface area contributed by atoms with Crippen LogP contribution in [0.3, 0.4) is 0 Å². The van der Waals surface area contributed by atoms with Gasteiger partial charge in [0.05, 0.1) is 13.0 Å². The average Bonchev–Trinajstić information content (AvgIpc) is 2.49. The van der Waals surface area contributed by atoms with Crippen molar-refractivity contribution in [1.82, 2.24) is 0 Å². The van der Waals surface area contributed by atoms with Gasteiger partial charge in [0.2, 0.25) is 0 Å². The number of carbonyl (C=O) groups excluding carboxylic acids is 1. The number of hydrogen-bond donors (Lipinski definition) is 0. The summed E-state index contributed by atoms with van der Waals surface area (Å²) >= 11 is 0. The monoisotopic (exact) mass is 268 g/mol. The lowest BCUT2D eigenvalue weighted by molar-refractivity contribution is -0.142. The van der Waals surface area contributed by atoms with Crippen molar-refractivity contribution in [2.75, 3.05) is 6.61 Å². The van der Waals surface area contributed by atoms with Crippen LogP contribution in [0.5, 0.6) is 0 Å². The van der Waals surface area contributed by atoms with Gasteiger partial charge in [0.1, 0.15) is 0 Å². The predicted octanol–water partition coefficient (Wildman–Crippen LogP) is 3.80. The van der Waals surface area contributed by atoms with Crippen LogP contribution in [0.25, 0.3) is 0 Å². The summed E-state index contributed by atoms with van der Waals surface area (Å²) in [5.74, 6) is -0.143. The lowest BCUT2D eigenvalue weighted by Crippen LogP contribution is -2.09. The van der Waals surface area contributed by atoms with Crippen LogP contribution < -0.4 is 0 Å². The minimum atomic E-state index is -0.143. The minimum absolute atomic E-state index is 0.143. The van der Waals surface area contributed by atoms with Crippen LogP contribution >= 0.6 is 0 Å². The van der Waals surface area contributed by atoms with Crippen molar-refractivity contribution in [3.05, 3.63) is 71.8 Å². The van der Waals surface area contributed by atoms with Crippen LogP contribution in [-0.2, 0) is 22.4 Å². The van der Waals surface area contributed by atoms with Crippen molar-refractivity contribution in [2.45, 2.75) is 25.7 Å². The Morgan fingerprint density at radius 3 is 2.05 bits per heavy atom. The molecule has 104 valence electrons. The van der Waals surface area contributed by atoms with E-state index < -0.39 is 0 Å². The maximum absolute atomic E-state index is 11.6. The highest BCUT2D eigenvalue weighted by molar-refractivity contribution is 5.72. The van der Waals surface area contributed by atoms with Crippen LogP contribution in [0.4, 0.5) is 0 Å². The summed E-state index contributed by atoms with van der Waals surface area (Å²) in [6, 6.07) is 20.1. The lowest BCUT2D eigenvalue weighted by atomic mass is 10.1. The Bertz CT molecular complexity index is 505. The zero-order chi connectivity index (χ0) is 14.0. The first kappa shape index (κ1) is 14.3. The molecule has 0 aliphatic carbocycles. The van der Waals surface area contributed by atoms with Crippen LogP contribution in [0, 0.1) is 0 Å². The third-order valence-electron chi connectivity index (χ3n) is 3.16. The molecule has 0 aliphatic heterocycles. The fraction of sp³-hybridized carbons (Fsp3) is 0.278. The molecule has 0 spiro atoms.